The van der Waals surface area contributed by atoms with Crippen molar-refractivity contribution in [1.82, 2.24) is 15.2 Å². The van der Waals surface area contributed by atoms with Gasteiger partial charge < -0.3 is 5.32 Å². The molecular formula is C14H14N4S. The summed E-state index contributed by atoms with van der Waals surface area (Å²) in [7, 11) is 0. The first kappa shape index (κ1) is 12.0. The molecule has 3 aromatic rings. The van der Waals surface area contributed by atoms with Gasteiger partial charge in [-0.3, -0.25) is 4.98 Å². The second kappa shape index (κ2) is 4.93. The van der Waals surface area contributed by atoms with Crippen molar-refractivity contribution in [3.8, 4) is 10.6 Å². The minimum absolute atomic E-state index is 0.852. The van der Waals surface area contributed by atoms with Crippen molar-refractivity contribution in [2.24, 2.45) is 0 Å². The van der Waals surface area contributed by atoms with E-state index in [4.69, 9.17) is 0 Å². The molecular weight excluding hydrogens is 256 g/mol. The molecule has 96 valence electrons. The Labute approximate surface area is 115 Å². The molecule has 1 N–H and O–H groups in total. The Balaban J connectivity index is 2.17. The van der Waals surface area contributed by atoms with Crippen LogP contribution in [0.5, 0.6) is 0 Å². The number of fused-ring (bicyclic) bond motifs is 1. The lowest BCUT2D eigenvalue weighted by Crippen LogP contribution is -1.94. The van der Waals surface area contributed by atoms with E-state index in [1.54, 1.807) is 11.3 Å². The van der Waals surface area contributed by atoms with Crippen LogP contribution in [0.3, 0.4) is 0 Å². The van der Waals surface area contributed by atoms with Gasteiger partial charge in [-0.25, -0.2) is 0 Å². The minimum Gasteiger partial charge on any atom is -0.360 e. The van der Waals surface area contributed by atoms with Crippen molar-refractivity contribution in [3.05, 3.63) is 36.0 Å². The number of pyridine rings is 1. The third-order valence-electron chi connectivity index (χ3n) is 2.83. The molecule has 0 aliphatic heterocycles. The fourth-order valence-electron chi connectivity index (χ4n) is 2.04. The quantitative estimate of drug-likeness (QED) is 0.791. The topological polar surface area (TPSA) is 50.7 Å². The van der Waals surface area contributed by atoms with Gasteiger partial charge in [0.15, 0.2) is 0 Å². The Bertz CT molecular complexity index is 720. The zero-order valence-electron chi connectivity index (χ0n) is 10.8. The first-order valence-electron chi connectivity index (χ1n) is 6.22. The lowest BCUT2D eigenvalue weighted by Gasteiger charge is -2.04. The van der Waals surface area contributed by atoms with Gasteiger partial charge in [-0.05, 0) is 26.0 Å². The van der Waals surface area contributed by atoms with Crippen LogP contribution in [-0.2, 0) is 0 Å². The first-order chi connectivity index (χ1) is 9.28. The number of para-hydroxylation sites is 1. The van der Waals surface area contributed by atoms with Crippen LogP contribution in [0.15, 0.2) is 30.3 Å². The van der Waals surface area contributed by atoms with Crippen LogP contribution in [0.2, 0.25) is 0 Å². The molecule has 0 amide bonds. The van der Waals surface area contributed by atoms with Crippen LogP contribution < -0.4 is 5.32 Å². The van der Waals surface area contributed by atoms with Gasteiger partial charge in [0, 0.05) is 23.2 Å². The lowest BCUT2D eigenvalue weighted by atomic mass is 10.1. The van der Waals surface area contributed by atoms with Gasteiger partial charge in [0.05, 0.1) is 5.52 Å². The predicted molar refractivity (Wildman–Crippen MR) is 79.5 cm³/mol. The molecule has 0 radical (unpaired) electrons. The Morgan fingerprint density at radius 1 is 1.21 bits per heavy atom. The Kier molecular flexibility index (Phi) is 3.13. The molecule has 0 aliphatic rings. The van der Waals surface area contributed by atoms with Crippen LogP contribution in [0.4, 0.5) is 5.13 Å². The van der Waals surface area contributed by atoms with Crippen LogP contribution in [0.25, 0.3) is 21.5 Å². The maximum absolute atomic E-state index is 4.55. The van der Waals surface area contributed by atoms with E-state index in [2.05, 4.69) is 32.6 Å². The van der Waals surface area contributed by atoms with E-state index in [1.165, 1.54) is 0 Å². The molecule has 5 heteroatoms. The normalized spacial score (nSPS) is 10.8. The van der Waals surface area contributed by atoms with Crippen molar-refractivity contribution in [2.45, 2.75) is 13.8 Å². The molecule has 0 unspecified atom stereocenters. The highest BCUT2D eigenvalue weighted by atomic mass is 32.1. The second-order valence-corrected chi connectivity index (χ2v) is 5.25. The van der Waals surface area contributed by atoms with E-state index in [-0.39, 0.29) is 0 Å². The summed E-state index contributed by atoms with van der Waals surface area (Å²) in [6.07, 6.45) is 0. The van der Waals surface area contributed by atoms with Gasteiger partial charge in [0.25, 0.3) is 0 Å². The number of rotatable bonds is 3. The predicted octanol–water partition coefficient (Wildman–Crippen LogP) is 3.49. The molecule has 3 rings (SSSR count). The van der Waals surface area contributed by atoms with E-state index >= 15 is 0 Å². The Morgan fingerprint density at radius 3 is 2.89 bits per heavy atom. The average molecular weight is 270 g/mol. The number of aryl methyl sites for hydroxylation is 1. The fraction of sp³-hybridized carbons (Fsp3) is 0.214. The van der Waals surface area contributed by atoms with E-state index in [1.807, 2.05) is 32.0 Å². The van der Waals surface area contributed by atoms with Gasteiger partial charge in [0.2, 0.25) is 5.13 Å². The van der Waals surface area contributed by atoms with E-state index < -0.39 is 0 Å². The maximum atomic E-state index is 4.55. The number of benzene rings is 1. The maximum Gasteiger partial charge on any atom is 0.205 e. The summed E-state index contributed by atoms with van der Waals surface area (Å²) in [6.45, 7) is 4.90. The highest BCUT2D eigenvalue weighted by Crippen LogP contribution is 2.32. The second-order valence-electron chi connectivity index (χ2n) is 4.27. The molecule has 0 saturated carbocycles. The van der Waals surface area contributed by atoms with Gasteiger partial charge in [-0.2, -0.15) is 0 Å². The van der Waals surface area contributed by atoms with E-state index in [0.29, 0.717) is 0 Å². The number of hydrogen-bond acceptors (Lipinski definition) is 5. The number of aromatic nitrogens is 3. The van der Waals surface area contributed by atoms with Crippen molar-refractivity contribution in [1.29, 1.82) is 0 Å². The number of hydrogen-bond donors (Lipinski definition) is 1. The number of anilines is 1. The van der Waals surface area contributed by atoms with E-state index in [9.17, 15) is 0 Å². The third-order valence-corrected chi connectivity index (χ3v) is 3.74. The summed E-state index contributed by atoms with van der Waals surface area (Å²) in [4.78, 5) is 4.55. The van der Waals surface area contributed by atoms with Crippen molar-refractivity contribution in [2.75, 3.05) is 11.9 Å². The summed E-state index contributed by atoms with van der Waals surface area (Å²) in [5.41, 5.74) is 3.09. The molecule has 2 aromatic heterocycles. The first-order valence-corrected chi connectivity index (χ1v) is 7.03. The molecule has 1 aromatic carbocycles. The lowest BCUT2D eigenvalue weighted by molar-refractivity contribution is 1.07. The SMILES string of the molecule is CCNc1nnc(-c2cc(C)nc3ccccc23)s1. The van der Waals surface area contributed by atoms with Crippen molar-refractivity contribution < 1.29 is 0 Å². The zero-order valence-corrected chi connectivity index (χ0v) is 11.7. The van der Waals surface area contributed by atoms with E-state index in [0.717, 1.165) is 38.8 Å². The zero-order chi connectivity index (χ0) is 13.2. The highest BCUT2D eigenvalue weighted by molar-refractivity contribution is 7.18. The van der Waals surface area contributed by atoms with Gasteiger partial charge in [0.1, 0.15) is 5.01 Å². The smallest absolute Gasteiger partial charge is 0.205 e. The molecule has 4 nitrogen and oxygen atoms in total. The molecule has 2 heterocycles. The molecule has 0 atom stereocenters. The molecule has 19 heavy (non-hydrogen) atoms. The molecule has 0 bridgehead atoms. The van der Waals surface area contributed by atoms with Crippen molar-refractivity contribution in [3.63, 3.8) is 0 Å². The van der Waals surface area contributed by atoms with Crippen LogP contribution in [0.1, 0.15) is 12.6 Å². The summed E-state index contributed by atoms with van der Waals surface area (Å²) in [5.74, 6) is 0. The minimum atomic E-state index is 0.852. The Hall–Kier alpha value is -2.01. The molecule has 0 spiro atoms. The number of nitrogens with one attached hydrogen (secondary N) is 1. The van der Waals surface area contributed by atoms with Crippen LogP contribution in [-0.4, -0.2) is 21.7 Å². The molecule has 0 saturated heterocycles. The van der Waals surface area contributed by atoms with Crippen molar-refractivity contribution >= 4 is 27.4 Å². The Morgan fingerprint density at radius 2 is 2.05 bits per heavy atom. The van der Waals surface area contributed by atoms with Gasteiger partial charge >= 0.3 is 0 Å². The van der Waals surface area contributed by atoms with Crippen LogP contribution in [0, 0.1) is 6.92 Å². The van der Waals surface area contributed by atoms with Gasteiger partial charge in [-0.15, -0.1) is 10.2 Å². The summed E-state index contributed by atoms with van der Waals surface area (Å²) >= 11 is 1.57. The average Bonchev–Trinajstić information content (AvgIpc) is 2.86. The number of nitrogens with zero attached hydrogens (tertiary/aromatic N) is 3. The third kappa shape index (κ3) is 2.29. The molecule has 0 aliphatic carbocycles. The van der Waals surface area contributed by atoms with Crippen LogP contribution >= 0.6 is 11.3 Å². The van der Waals surface area contributed by atoms with Gasteiger partial charge in [-0.1, -0.05) is 29.5 Å². The molecule has 0 fully saturated rings. The fourth-order valence-corrected chi connectivity index (χ4v) is 2.88. The summed E-state index contributed by atoms with van der Waals surface area (Å²) < 4.78 is 0. The largest absolute Gasteiger partial charge is 0.360 e. The highest BCUT2D eigenvalue weighted by Gasteiger charge is 2.11. The monoisotopic (exact) mass is 270 g/mol. The summed E-state index contributed by atoms with van der Waals surface area (Å²) in [5, 5.41) is 14.5. The summed E-state index contributed by atoms with van der Waals surface area (Å²) in [6, 6.07) is 10.2. The standard InChI is InChI=1S/C14H14N4S/c1-3-15-14-18-17-13(19-14)11-8-9(2)16-12-7-5-4-6-10(11)12/h4-8H,3H2,1-2H3,(H,15,18).